The summed E-state index contributed by atoms with van der Waals surface area (Å²) in [5.41, 5.74) is 8.32. The fourth-order valence-corrected chi connectivity index (χ4v) is 4.27. The minimum atomic E-state index is -0.792. The van der Waals surface area contributed by atoms with Gasteiger partial charge < -0.3 is 10.6 Å². The number of aromatic nitrogens is 5. The molecule has 0 saturated carbocycles. The van der Waals surface area contributed by atoms with Crippen molar-refractivity contribution in [1.29, 1.82) is 0 Å². The molecule has 0 radical (unpaired) electrons. The third kappa shape index (κ3) is 4.02. The normalized spacial score (nSPS) is 14.7. The molecule has 1 aliphatic rings. The minimum Gasteiger partial charge on any atom is -0.366 e. The van der Waals surface area contributed by atoms with E-state index in [0.717, 1.165) is 54.8 Å². The molecule has 0 unspecified atom stereocenters. The van der Waals surface area contributed by atoms with E-state index in [9.17, 15) is 9.18 Å². The number of anilines is 1. The molecule has 168 valence electrons. The van der Waals surface area contributed by atoms with Crippen LogP contribution in [0.4, 0.5) is 10.3 Å². The predicted molar refractivity (Wildman–Crippen MR) is 123 cm³/mol. The summed E-state index contributed by atoms with van der Waals surface area (Å²) < 4.78 is 16.2. The number of nitrogens with two attached hydrogens (primary N) is 1. The molecule has 4 aromatic rings. The SMILES string of the molecule is CCc1cnc(N2CCC(n3ncc4cc(-c5ccc(C(N)=O)c(F)c5)ncc43)CC2)nc1. The van der Waals surface area contributed by atoms with Gasteiger partial charge in [0.1, 0.15) is 5.82 Å². The molecular weight excluding hydrogens is 421 g/mol. The molecule has 1 fully saturated rings. The van der Waals surface area contributed by atoms with Crippen LogP contribution in [0.5, 0.6) is 0 Å². The van der Waals surface area contributed by atoms with Crippen LogP contribution < -0.4 is 10.6 Å². The van der Waals surface area contributed by atoms with Gasteiger partial charge in [0.25, 0.3) is 5.91 Å². The number of hydrogen-bond acceptors (Lipinski definition) is 6. The highest BCUT2D eigenvalue weighted by molar-refractivity contribution is 5.93. The van der Waals surface area contributed by atoms with Gasteiger partial charge in [-0.2, -0.15) is 5.10 Å². The molecule has 33 heavy (non-hydrogen) atoms. The van der Waals surface area contributed by atoms with Gasteiger partial charge in [-0.3, -0.25) is 14.5 Å². The molecule has 9 heteroatoms. The number of carbonyl (C=O) groups excluding carboxylic acids is 1. The maximum Gasteiger partial charge on any atom is 0.251 e. The Morgan fingerprint density at radius 1 is 1.09 bits per heavy atom. The molecule has 3 aromatic heterocycles. The first-order chi connectivity index (χ1) is 16.0. The number of benzene rings is 1. The number of halogens is 1. The van der Waals surface area contributed by atoms with Crippen molar-refractivity contribution < 1.29 is 9.18 Å². The molecule has 0 aliphatic carbocycles. The number of aryl methyl sites for hydroxylation is 1. The summed E-state index contributed by atoms with van der Waals surface area (Å²) in [5, 5.41) is 5.55. The number of amides is 1. The van der Waals surface area contributed by atoms with Gasteiger partial charge in [0.05, 0.1) is 35.2 Å². The summed E-state index contributed by atoms with van der Waals surface area (Å²) in [5.74, 6) is -0.672. The minimum absolute atomic E-state index is 0.134. The van der Waals surface area contributed by atoms with E-state index in [1.165, 1.54) is 12.1 Å². The summed E-state index contributed by atoms with van der Waals surface area (Å²) in [6.45, 7) is 3.80. The lowest BCUT2D eigenvalue weighted by molar-refractivity contribution is 0.0996. The van der Waals surface area contributed by atoms with Crippen LogP contribution in [-0.2, 0) is 6.42 Å². The highest BCUT2D eigenvalue weighted by atomic mass is 19.1. The zero-order valence-electron chi connectivity index (χ0n) is 18.3. The molecule has 4 heterocycles. The second-order valence-electron chi connectivity index (χ2n) is 8.24. The van der Waals surface area contributed by atoms with Crippen molar-refractivity contribution in [3.8, 4) is 11.3 Å². The van der Waals surface area contributed by atoms with Gasteiger partial charge in [-0.1, -0.05) is 13.0 Å². The molecule has 0 bridgehead atoms. The van der Waals surface area contributed by atoms with E-state index >= 15 is 0 Å². The number of nitrogens with zero attached hydrogens (tertiary/aromatic N) is 6. The summed E-state index contributed by atoms with van der Waals surface area (Å²) in [6, 6.07) is 6.45. The van der Waals surface area contributed by atoms with Gasteiger partial charge in [-0.05, 0) is 43.0 Å². The number of primary amides is 1. The molecular formula is C24H24FN7O. The van der Waals surface area contributed by atoms with Crippen LogP contribution in [0.2, 0.25) is 0 Å². The van der Waals surface area contributed by atoms with Crippen molar-refractivity contribution in [2.45, 2.75) is 32.2 Å². The molecule has 5 rings (SSSR count). The summed E-state index contributed by atoms with van der Waals surface area (Å²) in [4.78, 5) is 27.0. The fourth-order valence-electron chi connectivity index (χ4n) is 4.27. The quantitative estimate of drug-likeness (QED) is 0.504. The number of pyridine rings is 1. The van der Waals surface area contributed by atoms with Gasteiger partial charge >= 0.3 is 0 Å². The van der Waals surface area contributed by atoms with Crippen molar-refractivity contribution >= 4 is 22.8 Å². The fraction of sp³-hybridized carbons (Fsp3) is 0.292. The maximum absolute atomic E-state index is 14.2. The van der Waals surface area contributed by atoms with Crippen LogP contribution in [0.25, 0.3) is 22.2 Å². The van der Waals surface area contributed by atoms with Crippen LogP contribution in [0.1, 0.15) is 41.7 Å². The van der Waals surface area contributed by atoms with Crippen LogP contribution in [-0.4, -0.2) is 43.7 Å². The Bertz CT molecular complexity index is 1310. The molecule has 1 saturated heterocycles. The summed E-state index contributed by atoms with van der Waals surface area (Å²) >= 11 is 0. The number of piperidine rings is 1. The Hall–Kier alpha value is -3.88. The van der Waals surface area contributed by atoms with Crippen molar-refractivity contribution in [3.63, 3.8) is 0 Å². The summed E-state index contributed by atoms with van der Waals surface area (Å²) in [7, 11) is 0. The number of carbonyl (C=O) groups is 1. The Balaban J connectivity index is 1.33. The van der Waals surface area contributed by atoms with E-state index in [4.69, 9.17) is 5.73 Å². The van der Waals surface area contributed by atoms with Crippen LogP contribution in [0.3, 0.4) is 0 Å². The van der Waals surface area contributed by atoms with Gasteiger partial charge in [-0.15, -0.1) is 0 Å². The lowest BCUT2D eigenvalue weighted by atomic mass is 10.0. The van der Waals surface area contributed by atoms with Gasteiger partial charge in [0.2, 0.25) is 5.95 Å². The zero-order chi connectivity index (χ0) is 22.9. The molecule has 1 aliphatic heterocycles. The van der Waals surface area contributed by atoms with Gasteiger partial charge in [0.15, 0.2) is 0 Å². The highest BCUT2D eigenvalue weighted by Gasteiger charge is 2.24. The Kier molecular flexibility index (Phi) is 5.45. The average molecular weight is 446 g/mol. The number of hydrogen-bond donors (Lipinski definition) is 1. The number of fused-ring (bicyclic) bond motifs is 1. The van der Waals surface area contributed by atoms with Crippen molar-refractivity contribution in [2.24, 2.45) is 5.73 Å². The van der Waals surface area contributed by atoms with E-state index in [1.807, 2.05) is 29.3 Å². The van der Waals surface area contributed by atoms with Crippen molar-refractivity contribution in [1.82, 2.24) is 24.7 Å². The molecule has 2 N–H and O–H groups in total. The van der Waals surface area contributed by atoms with E-state index < -0.39 is 11.7 Å². The van der Waals surface area contributed by atoms with Crippen LogP contribution in [0, 0.1) is 5.82 Å². The molecule has 1 aromatic carbocycles. The Labute approximate surface area is 190 Å². The second-order valence-corrected chi connectivity index (χ2v) is 8.24. The third-order valence-electron chi connectivity index (χ3n) is 6.21. The monoisotopic (exact) mass is 445 g/mol. The second kappa shape index (κ2) is 8.57. The van der Waals surface area contributed by atoms with E-state index in [2.05, 4.69) is 31.9 Å². The standard InChI is InChI=1S/C24H24FN7O/c1-2-15-11-28-24(29-12-15)31-7-5-18(6-8-31)32-22-14-27-21(10-17(22)13-30-32)16-3-4-19(23(26)33)20(25)9-16/h3-4,9-14,18H,2,5-8H2,1H3,(H2,26,33). The largest absolute Gasteiger partial charge is 0.366 e. The lowest BCUT2D eigenvalue weighted by Gasteiger charge is -2.32. The third-order valence-corrected chi connectivity index (χ3v) is 6.21. The zero-order valence-corrected chi connectivity index (χ0v) is 18.3. The van der Waals surface area contributed by atoms with E-state index in [0.29, 0.717) is 11.3 Å². The lowest BCUT2D eigenvalue weighted by Crippen LogP contribution is -2.36. The van der Waals surface area contributed by atoms with E-state index in [-0.39, 0.29) is 11.6 Å². The summed E-state index contributed by atoms with van der Waals surface area (Å²) in [6.07, 6.45) is 10.2. The topological polar surface area (TPSA) is 103 Å². The first kappa shape index (κ1) is 21.0. The van der Waals surface area contributed by atoms with Crippen molar-refractivity contribution in [3.05, 3.63) is 66.0 Å². The Morgan fingerprint density at radius 2 is 1.85 bits per heavy atom. The first-order valence-electron chi connectivity index (χ1n) is 11.0. The smallest absolute Gasteiger partial charge is 0.251 e. The van der Waals surface area contributed by atoms with Crippen molar-refractivity contribution in [2.75, 3.05) is 18.0 Å². The van der Waals surface area contributed by atoms with Gasteiger partial charge in [-0.25, -0.2) is 14.4 Å². The first-order valence-corrected chi connectivity index (χ1v) is 11.0. The van der Waals surface area contributed by atoms with Crippen LogP contribution >= 0.6 is 0 Å². The Morgan fingerprint density at radius 3 is 2.52 bits per heavy atom. The molecule has 8 nitrogen and oxygen atoms in total. The molecule has 1 amide bonds. The number of rotatable bonds is 5. The van der Waals surface area contributed by atoms with Gasteiger partial charge in [0, 0.05) is 36.4 Å². The average Bonchev–Trinajstić information content (AvgIpc) is 3.27. The highest BCUT2D eigenvalue weighted by Crippen LogP contribution is 2.29. The predicted octanol–water partition coefficient (Wildman–Crippen LogP) is 3.53. The van der Waals surface area contributed by atoms with Crippen LogP contribution in [0.15, 0.2) is 49.1 Å². The molecule has 0 atom stereocenters. The maximum atomic E-state index is 14.2. The van der Waals surface area contributed by atoms with E-state index in [1.54, 1.807) is 12.3 Å². The molecule has 0 spiro atoms.